The lowest BCUT2D eigenvalue weighted by atomic mass is 9.96. The van der Waals surface area contributed by atoms with Crippen LogP contribution in [0, 0.1) is 12.8 Å². The molecule has 1 atom stereocenters. The second-order valence-corrected chi connectivity index (χ2v) is 6.43. The summed E-state index contributed by atoms with van der Waals surface area (Å²) < 4.78 is 10.4. The van der Waals surface area contributed by atoms with E-state index in [1.807, 2.05) is 39.0 Å². The maximum atomic E-state index is 12.6. The molecule has 6 heteroatoms. The number of likely N-dealkylation sites (tertiary alicyclic amines) is 1. The molecule has 0 spiro atoms. The molecule has 2 rings (SSSR count). The zero-order chi connectivity index (χ0) is 18.4. The highest BCUT2D eigenvalue weighted by atomic mass is 16.5. The Morgan fingerprint density at radius 1 is 1.32 bits per heavy atom. The van der Waals surface area contributed by atoms with Crippen molar-refractivity contribution >= 4 is 17.6 Å². The van der Waals surface area contributed by atoms with Crippen molar-refractivity contribution in [2.75, 3.05) is 32.1 Å². The Bertz CT molecular complexity index is 609. The van der Waals surface area contributed by atoms with Crippen molar-refractivity contribution in [2.45, 2.75) is 39.7 Å². The molecule has 1 saturated heterocycles. The number of hydrogen-bond acceptors (Lipinski definition) is 5. The standard InChI is InChI=1S/C19H28N2O4/c1-5-25-19(23)15-8-10-21(11-9-15)14(3)18(22)20-16-12-13(2)6-7-17(16)24-4/h6-7,12,14-15H,5,8-11H2,1-4H3,(H,20,22). The number of carbonyl (C=O) groups excluding carboxylic acids is 2. The lowest BCUT2D eigenvalue weighted by Gasteiger charge is -2.34. The van der Waals surface area contributed by atoms with Crippen LogP contribution in [-0.4, -0.2) is 49.6 Å². The van der Waals surface area contributed by atoms with Gasteiger partial charge >= 0.3 is 5.97 Å². The highest BCUT2D eigenvalue weighted by Gasteiger charge is 2.30. The molecule has 1 aliphatic heterocycles. The molecule has 1 N–H and O–H groups in total. The number of aryl methyl sites for hydroxylation is 1. The number of nitrogens with one attached hydrogen (secondary N) is 1. The zero-order valence-electron chi connectivity index (χ0n) is 15.5. The first-order chi connectivity index (χ1) is 12.0. The van der Waals surface area contributed by atoms with Crippen LogP contribution in [0.5, 0.6) is 5.75 Å². The molecule has 25 heavy (non-hydrogen) atoms. The van der Waals surface area contributed by atoms with E-state index in [0.717, 1.165) is 18.4 Å². The Kier molecular flexibility index (Phi) is 6.82. The van der Waals surface area contributed by atoms with Crippen molar-refractivity contribution in [3.8, 4) is 5.75 Å². The van der Waals surface area contributed by atoms with Crippen molar-refractivity contribution in [3.05, 3.63) is 23.8 Å². The Balaban J connectivity index is 1.93. The van der Waals surface area contributed by atoms with Crippen LogP contribution in [0.25, 0.3) is 0 Å². The first-order valence-electron chi connectivity index (χ1n) is 8.82. The van der Waals surface area contributed by atoms with Crippen LogP contribution in [-0.2, 0) is 14.3 Å². The molecule has 1 amide bonds. The van der Waals surface area contributed by atoms with E-state index in [2.05, 4.69) is 10.2 Å². The summed E-state index contributed by atoms with van der Waals surface area (Å²) in [6.45, 7) is 7.52. The Labute approximate surface area is 149 Å². The Morgan fingerprint density at radius 2 is 2.00 bits per heavy atom. The number of methoxy groups -OCH3 is 1. The molecule has 1 aromatic carbocycles. The number of amides is 1. The smallest absolute Gasteiger partial charge is 0.309 e. The molecule has 1 aliphatic rings. The minimum Gasteiger partial charge on any atom is -0.495 e. The zero-order valence-corrected chi connectivity index (χ0v) is 15.5. The van der Waals surface area contributed by atoms with Gasteiger partial charge in [-0.25, -0.2) is 0 Å². The number of nitrogens with zero attached hydrogens (tertiary/aromatic N) is 1. The molecule has 6 nitrogen and oxygen atoms in total. The highest BCUT2D eigenvalue weighted by molar-refractivity contribution is 5.96. The number of rotatable bonds is 6. The summed E-state index contributed by atoms with van der Waals surface area (Å²) in [5, 5.41) is 2.96. The molecule has 1 heterocycles. The van der Waals surface area contributed by atoms with Gasteiger partial charge in [-0.2, -0.15) is 0 Å². The largest absolute Gasteiger partial charge is 0.495 e. The van der Waals surface area contributed by atoms with E-state index in [4.69, 9.17) is 9.47 Å². The number of carbonyl (C=O) groups is 2. The summed E-state index contributed by atoms with van der Waals surface area (Å²) in [4.78, 5) is 26.5. The fourth-order valence-corrected chi connectivity index (χ4v) is 3.11. The van der Waals surface area contributed by atoms with Gasteiger partial charge in [0.1, 0.15) is 5.75 Å². The minimum atomic E-state index is -0.270. The third-order valence-corrected chi connectivity index (χ3v) is 4.69. The topological polar surface area (TPSA) is 67.9 Å². The number of benzene rings is 1. The molecule has 1 unspecified atom stereocenters. The van der Waals surface area contributed by atoms with Gasteiger partial charge in [0.25, 0.3) is 0 Å². The Hall–Kier alpha value is -2.08. The van der Waals surface area contributed by atoms with Gasteiger partial charge in [-0.15, -0.1) is 0 Å². The fourth-order valence-electron chi connectivity index (χ4n) is 3.11. The molecular formula is C19H28N2O4. The average Bonchev–Trinajstić information content (AvgIpc) is 2.61. The first kappa shape index (κ1) is 19.2. The third-order valence-electron chi connectivity index (χ3n) is 4.69. The Morgan fingerprint density at radius 3 is 2.60 bits per heavy atom. The second kappa shape index (κ2) is 8.85. The van der Waals surface area contributed by atoms with E-state index in [0.29, 0.717) is 31.1 Å². The van der Waals surface area contributed by atoms with Crippen molar-refractivity contribution < 1.29 is 19.1 Å². The number of anilines is 1. The van der Waals surface area contributed by atoms with Gasteiger partial charge in [-0.3, -0.25) is 14.5 Å². The molecule has 0 saturated carbocycles. The third kappa shape index (κ3) is 4.95. The number of piperidine rings is 1. The van der Waals surface area contributed by atoms with Crippen molar-refractivity contribution in [1.29, 1.82) is 0 Å². The number of esters is 1. The van der Waals surface area contributed by atoms with Crippen LogP contribution < -0.4 is 10.1 Å². The summed E-state index contributed by atoms with van der Waals surface area (Å²) in [6.07, 6.45) is 1.45. The maximum absolute atomic E-state index is 12.6. The van der Waals surface area contributed by atoms with Crippen molar-refractivity contribution in [1.82, 2.24) is 4.90 Å². The predicted octanol–water partition coefficient (Wildman–Crippen LogP) is 2.61. The van der Waals surface area contributed by atoms with Gasteiger partial charge < -0.3 is 14.8 Å². The van der Waals surface area contributed by atoms with Gasteiger partial charge in [0, 0.05) is 0 Å². The summed E-state index contributed by atoms with van der Waals surface area (Å²) in [6, 6.07) is 5.42. The van der Waals surface area contributed by atoms with Crippen LogP contribution in [0.1, 0.15) is 32.3 Å². The van der Waals surface area contributed by atoms with E-state index < -0.39 is 0 Å². The predicted molar refractivity (Wildman–Crippen MR) is 96.8 cm³/mol. The van der Waals surface area contributed by atoms with Crippen LogP contribution in [0.3, 0.4) is 0 Å². The van der Waals surface area contributed by atoms with E-state index in [1.54, 1.807) is 7.11 Å². The molecular weight excluding hydrogens is 320 g/mol. The highest BCUT2D eigenvalue weighted by Crippen LogP contribution is 2.26. The van der Waals surface area contributed by atoms with E-state index >= 15 is 0 Å². The van der Waals surface area contributed by atoms with Crippen LogP contribution in [0.4, 0.5) is 5.69 Å². The fraction of sp³-hybridized carbons (Fsp3) is 0.579. The summed E-state index contributed by atoms with van der Waals surface area (Å²) in [5.74, 6) is 0.401. The number of ether oxygens (including phenoxy) is 2. The molecule has 0 bridgehead atoms. The monoisotopic (exact) mass is 348 g/mol. The second-order valence-electron chi connectivity index (χ2n) is 6.43. The van der Waals surface area contributed by atoms with Crippen LogP contribution in [0.15, 0.2) is 18.2 Å². The van der Waals surface area contributed by atoms with Gasteiger partial charge in [0.05, 0.1) is 31.4 Å². The molecule has 138 valence electrons. The normalized spacial score (nSPS) is 17.0. The molecule has 1 aromatic rings. The minimum absolute atomic E-state index is 0.0525. The molecule has 0 radical (unpaired) electrons. The summed E-state index contributed by atoms with van der Waals surface area (Å²) in [5.41, 5.74) is 1.74. The first-order valence-corrected chi connectivity index (χ1v) is 8.82. The average molecular weight is 348 g/mol. The van der Waals surface area contributed by atoms with Gasteiger partial charge in [-0.1, -0.05) is 6.07 Å². The van der Waals surface area contributed by atoms with E-state index in [-0.39, 0.29) is 23.8 Å². The lowest BCUT2D eigenvalue weighted by molar-refractivity contribution is -0.149. The SMILES string of the molecule is CCOC(=O)C1CCN(C(C)C(=O)Nc2cc(C)ccc2OC)CC1. The lowest BCUT2D eigenvalue weighted by Crippen LogP contribution is -2.47. The van der Waals surface area contributed by atoms with Gasteiger partial charge in [-0.05, 0) is 64.4 Å². The van der Waals surface area contributed by atoms with E-state index in [9.17, 15) is 9.59 Å². The summed E-state index contributed by atoms with van der Waals surface area (Å²) >= 11 is 0. The van der Waals surface area contributed by atoms with E-state index in [1.165, 1.54) is 0 Å². The van der Waals surface area contributed by atoms with Crippen molar-refractivity contribution in [3.63, 3.8) is 0 Å². The van der Waals surface area contributed by atoms with Crippen LogP contribution in [0.2, 0.25) is 0 Å². The number of hydrogen-bond donors (Lipinski definition) is 1. The quantitative estimate of drug-likeness (QED) is 0.801. The summed E-state index contributed by atoms with van der Waals surface area (Å²) in [7, 11) is 1.59. The van der Waals surface area contributed by atoms with Crippen LogP contribution >= 0.6 is 0 Å². The van der Waals surface area contributed by atoms with Gasteiger partial charge in [0.15, 0.2) is 0 Å². The molecule has 0 aromatic heterocycles. The van der Waals surface area contributed by atoms with Gasteiger partial charge in [0.2, 0.25) is 5.91 Å². The molecule has 0 aliphatic carbocycles. The molecule has 1 fully saturated rings. The van der Waals surface area contributed by atoms with Crippen molar-refractivity contribution in [2.24, 2.45) is 5.92 Å². The maximum Gasteiger partial charge on any atom is 0.309 e.